The van der Waals surface area contributed by atoms with E-state index in [9.17, 15) is 9.59 Å². The molecule has 2 unspecified atom stereocenters. The average molecular weight is 434 g/mol. The van der Waals surface area contributed by atoms with Crippen molar-refractivity contribution in [3.63, 3.8) is 0 Å². The van der Waals surface area contributed by atoms with E-state index in [4.69, 9.17) is 0 Å². The van der Waals surface area contributed by atoms with Crippen molar-refractivity contribution in [2.75, 3.05) is 6.54 Å². The van der Waals surface area contributed by atoms with Crippen LogP contribution in [0.3, 0.4) is 0 Å². The molecule has 1 N–H and O–H groups in total. The molecule has 1 fully saturated rings. The van der Waals surface area contributed by atoms with E-state index in [-0.39, 0.29) is 24.4 Å². The number of amides is 2. The summed E-state index contributed by atoms with van der Waals surface area (Å²) in [6, 6.07) is 26.7. The van der Waals surface area contributed by atoms with Crippen LogP contribution in [0.5, 0.6) is 0 Å². The van der Waals surface area contributed by atoms with Gasteiger partial charge in [0, 0.05) is 23.0 Å². The van der Waals surface area contributed by atoms with Crippen LogP contribution in [0.15, 0.2) is 90.0 Å². The van der Waals surface area contributed by atoms with Crippen molar-refractivity contribution in [3.05, 3.63) is 107 Å². The van der Waals surface area contributed by atoms with Crippen molar-refractivity contribution < 1.29 is 9.59 Å². The van der Waals surface area contributed by atoms with Crippen molar-refractivity contribution in [2.45, 2.75) is 18.5 Å². The van der Waals surface area contributed by atoms with E-state index in [2.05, 4.69) is 16.2 Å². The molecule has 0 bridgehead atoms. The number of benzene rings is 3. The number of nitrogens with one attached hydrogen (secondary N) is 1. The predicted molar refractivity (Wildman–Crippen MR) is 127 cm³/mol. The molecule has 6 nitrogen and oxygen atoms in total. The first-order valence-corrected chi connectivity index (χ1v) is 11.1. The number of para-hydroxylation sites is 1. The third-order valence-electron chi connectivity index (χ3n) is 6.51. The van der Waals surface area contributed by atoms with Crippen molar-refractivity contribution in [2.24, 2.45) is 5.10 Å². The molecule has 2 atom stereocenters. The Balaban J connectivity index is 1.44. The molecule has 1 saturated heterocycles. The molecule has 0 spiro atoms. The smallest absolute Gasteiger partial charge is 0.266 e. The first kappa shape index (κ1) is 19.5. The maximum absolute atomic E-state index is 13.6. The number of hydrogen-bond acceptors (Lipinski definition) is 3. The fraction of sp³-hybridized carbons (Fsp3) is 0.148. The topological polar surface area (TPSA) is 68.8 Å². The van der Waals surface area contributed by atoms with E-state index < -0.39 is 6.04 Å². The van der Waals surface area contributed by atoms with E-state index in [0.29, 0.717) is 6.42 Å². The number of carbonyl (C=O) groups excluding carboxylic acids is 2. The van der Waals surface area contributed by atoms with Crippen LogP contribution in [0.1, 0.15) is 28.4 Å². The van der Waals surface area contributed by atoms with Gasteiger partial charge < -0.3 is 9.88 Å². The summed E-state index contributed by atoms with van der Waals surface area (Å²) in [5.74, 6) is -0.262. The van der Waals surface area contributed by atoms with Crippen LogP contribution in [0.25, 0.3) is 10.9 Å². The summed E-state index contributed by atoms with van der Waals surface area (Å²) in [5, 5.41) is 6.80. The summed E-state index contributed by atoms with van der Waals surface area (Å²) in [6.45, 7) is -0.0719. The Morgan fingerprint density at radius 1 is 0.879 bits per heavy atom. The summed E-state index contributed by atoms with van der Waals surface area (Å²) >= 11 is 0. The van der Waals surface area contributed by atoms with Crippen LogP contribution >= 0.6 is 0 Å². The lowest BCUT2D eigenvalue weighted by Gasteiger charge is -2.45. The van der Waals surface area contributed by atoms with Gasteiger partial charge in [-0.15, -0.1) is 0 Å². The Bertz CT molecular complexity index is 1380. The second-order valence-electron chi connectivity index (χ2n) is 8.45. The van der Waals surface area contributed by atoms with Gasteiger partial charge in [-0.2, -0.15) is 5.10 Å². The zero-order valence-electron chi connectivity index (χ0n) is 17.9. The number of piperazine rings is 1. The van der Waals surface area contributed by atoms with Gasteiger partial charge in [-0.25, -0.2) is 5.01 Å². The highest BCUT2D eigenvalue weighted by Crippen LogP contribution is 2.42. The quantitative estimate of drug-likeness (QED) is 0.497. The lowest BCUT2D eigenvalue weighted by molar-refractivity contribution is -0.158. The van der Waals surface area contributed by atoms with Crippen LogP contribution < -0.4 is 0 Å². The standard InChI is InChI=1S/C27H22N4O2/c32-24-17-30(28-16-18-9-3-1-4-10-18)27(33)23-15-21-20-13-7-8-14-22(20)29-25(21)26(31(23)24)19-11-5-2-6-12-19/h1-14,16,23,26,29H,15,17H2. The molecule has 33 heavy (non-hydrogen) atoms. The molecule has 2 amide bonds. The highest BCUT2D eigenvalue weighted by atomic mass is 16.2. The van der Waals surface area contributed by atoms with Gasteiger partial charge in [0.15, 0.2) is 0 Å². The highest BCUT2D eigenvalue weighted by Gasteiger charge is 2.48. The van der Waals surface area contributed by atoms with Crippen LogP contribution in [0, 0.1) is 0 Å². The average Bonchev–Trinajstić information content (AvgIpc) is 3.23. The Hall–Kier alpha value is -4.19. The molecule has 3 heterocycles. The Morgan fingerprint density at radius 3 is 2.36 bits per heavy atom. The minimum atomic E-state index is -0.601. The Kier molecular flexibility index (Phi) is 4.57. The summed E-state index contributed by atoms with van der Waals surface area (Å²) in [7, 11) is 0. The molecule has 6 heteroatoms. The van der Waals surface area contributed by atoms with Crippen LogP contribution in [0.2, 0.25) is 0 Å². The van der Waals surface area contributed by atoms with Gasteiger partial charge in [0.2, 0.25) is 5.91 Å². The molecule has 2 aliphatic rings. The second-order valence-corrected chi connectivity index (χ2v) is 8.45. The van der Waals surface area contributed by atoms with Gasteiger partial charge in [0.25, 0.3) is 5.91 Å². The lowest BCUT2D eigenvalue weighted by Crippen LogP contribution is -2.61. The monoisotopic (exact) mass is 434 g/mol. The predicted octanol–water partition coefficient (Wildman–Crippen LogP) is 3.89. The molecule has 3 aromatic carbocycles. The summed E-state index contributed by atoms with van der Waals surface area (Å²) < 4.78 is 0. The van der Waals surface area contributed by atoms with Crippen molar-refractivity contribution >= 4 is 28.9 Å². The van der Waals surface area contributed by atoms with E-state index in [1.807, 2.05) is 78.9 Å². The molecule has 4 aromatic rings. The summed E-state index contributed by atoms with van der Waals surface area (Å²) in [4.78, 5) is 32.3. The number of rotatable bonds is 3. The van der Waals surface area contributed by atoms with Gasteiger partial charge in [-0.1, -0.05) is 78.9 Å². The summed E-state index contributed by atoms with van der Waals surface area (Å²) in [6.07, 6.45) is 2.10. The third kappa shape index (κ3) is 3.22. The number of fused-ring (bicyclic) bond motifs is 4. The number of aromatic nitrogens is 1. The molecule has 1 aromatic heterocycles. The fourth-order valence-corrected chi connectivity index (χ4v) is 5.00. The van der Waals surface area contributed by atoms with E-state index in [1.165, 1.54) is 5.01 Å². The van der Waals surface area contributed by atoms with Crippen molar-refractivity contribution in [1.29, 1.82) is 0 Å². The highest BCUT2D eigenvalue weighted by molar-refractivity contribution is 5.98. The second kappa shape index (κ2) is 7.74. The number of hydrogen-bond donors (Lipinski definition) is 1. The SMILES string of the molecule is O=C1C2Cc3c([nH]c4ccccc34)C(c3ccccc3)N2C(=O)CN1N=Cc1ccccc1. The molecule has 0 aliphatic carbocycles. The number of H-pyrrole nitrogens is 1. The molecule has 2 aliphatic heterocycles. The number of aromatic amines is 1. The van der Waals surface area contributed by atoms with Gasteiger partial charge in [0.1, 0.15) is 12.6 Å². The largest absolute Gasteiger partial charge is 0.356 e. The van der Waals surface area contributed by atoms with Gasteiger partial charge in [-0.05, 0) is 22.8 Å². The molecular formula is C27H22N4O2. The zero-order valence-corrected chi connectivity index (χ0v) is 17.9. The van der Waals surface area contributed by atoms with Crippen LogP contribution in [-0.2, 0) is 16.0 Å². The number of hydrazone groups is 1. The van der Waals surface area contributed by atoms with Crippen LogP contribution in [0.4, 0.5) is 0 Å². The fourth-order valence-electron chi connectivity index (χ4n) is 5.00. The normalized spacial score (nSPS) is 20.4. The number of nitrogens with zero attached hydrogens (tertiary/aromatic N) is 3. The molecule has 0 radical (unpaired) electrons. The van der Waals surface area contributed by atoms with E-state index in [1.54, 1.807) is 11.1 Å². The maximum atomic E-state index is 13.6. The van der Waals surface area contributed by atoms with Crippen molar-refractivity contribution in [3.8, 4) is 0 Å². The van der Waals surface area contributed by atoms with E-state index >= 15 is 0 Å². The molecule has 6 rings (SSSR count). The minimum absolute atomic E-state index is 0.0719. The Morgan fingerprint density at radius 2 is 1.58 bits per heavy atom. The van der Waals surface area contributed by atoms with Gasteiger partial charge in [-0.3, -0.25) is 9.59 Å². The summed E-state index contributed by atoms with van der Waals surface area (Å²) in [5.41, 5.74) is 4.96. The minimum Gasteiger partial charge on any atom is -0.356 e. The first-order chi connectivity index (χ1) is 16.2. The number of carbonyl (C=O) groups is 2. The molecule has 0 saturated carbocycles. The zero-order chi connectivity index (χ0) is 22.4. The first-order valence-electron chi connectivity index (χ1n) is 11.1. The Labute approximate surface area is 191 Å². The van der Waals surface area contributed by atoms with Crippen LogP contribution in [-0.4, -0.2) is 45.5 Å². The van der Waals surface area contributed by atoms with Crippen molar-refractivity contribution in [1.82, 2.24) is 14.9 Å². The van der Waals surface area contributed by atoms with Gasteiger partial charge in [0.05, 0.1) is 12.3 Å². The van der Waals surface area contributed by atoms with E-state index in [0.717, 1.165) is 33.3 Å². The molecule has 162 valence electrons. The third-order valence-corrected chi connectivity index (χ3v) is 6.51. The van der Waals surface area contributed by atoms with Gasteiger partial charge >= 0.3 is 0 Å². The maximum Gasteiger partial charge on any atom is 0.266 e. The lowest BCUT2D eigenvalue weighted by atomic mass is 9.86. The molecular weight excluding hydrogens is 412 g/mol.